The van der Waals surface area contributed by atoms with E-state index in [1.807, 2.05) is 0 Å². The molecule has 3 nitrogen and oxygen atoms in total. The summed E-state index contributed by atoms with van der Waals surface area (Å²) in [5, 5.41) is 8.10. The molecule has 2 radical (unpaired) electrons. The lowest BCUT2D eigenvalue weighted by Gasteiger charge is -2.04. The van der Waals surface area contributed by atoms with Gasteiger partial charge in [0.05, 0.1) is 0 Å². The summed E-state index contributed by atoms with van der Waals surface area (Å²) in [7, 11) is 0. The van der Waals surface area contributed by atoms with Crippen molar-refractivity contribution in [3.05, 3.63) is 0 Å². The van der Waals surface area contributed by atoms with E-state index in [4.69, 9.17) is 10.8 Å². The number of aliphatic carboxylic acids is 1. The molecule has 0 heterocycles. The van der Waals surface area contributed by atoms with Crippen LogP contribution in [0.3, 0.4) is 0 Å². The van der Waals surface area contributed by atoms with Gasteiger partial charge < -0.3 is 5.11 Å². The zero-order valence-electron chi connectivity index (χ0n) is 4.96. The molecule has 1 N–H and O–H groups in total. The second-order valence-corrected chi connectivity index (χ2v) is 2.03. The Morgan fingerprint density at radius 1 is 1.62 bits per heavy atom. The molecule has 0 amide bonds. The maximum absolute atomic E-state index is 9.89. The van der Waals surface area contributed by atoms with Gasteiger partial charge in [0.2, 0.25) is 0 Å². The highest BCUT2D eigenvalue weighted by Gasteiger charge is 2.16. The number of rotatable bonds is 2. The smallest absolute Gasteiger partial charge is 0.324 e. The van der Waals surface area contributed by atoms with Crippen LogP contribution < -0.4 is 5.73 Å². The first-order chi connectivity index (χ1) is 3.55. The van der Waals surface area contributed by atoms with Crippen molar-refractivity contribution in [1.82, 2.24) is 5.73 Å². The van der Waals surface area contributed by atoms with Crippen molar-refractivity contribution in [3.63, 3.8) is 0 Å². The molecule has 0 bridgehead atoms. The van der Waals surface area contributed by atoms with Crippen LogP contribution in [0.5, 0.6) is 0 Å². The SMILES string of the molecule is CC(C)[C@H]([15N])C(=O)O. The number of carbonyl (C=O) groups is 1. The minimum absolute atomic E-state index is 0.201. The van der Waals surface area contributed by atoms with E-state index in [9.17, 15) is 4.79 Å². The molecule has 0 saturated heterocycles. The highest BCUT2D eigenvalue weighted by Crippen LogP contribution is 1.98. The van der Waals surface area contributed by atoms with Crippen LogP contribution in [-0.4, -0.2) is 17.1 Å². The standard InChI is InChI=1S/C5H9NO2/c1-3(2)4(6)5(7)8/h3-4H,1-2H3,(H,7,8)/t4-/m0/s1/i6+1. The van der Waals surface area contributed by atoms with Crippen molar-refractivity contribution < 1.29 is 9.90 Å². The zero-order chi connectivity index (χ0) is 6.73. The molecule has 0 aromatic heterocycles. The minimum Gasteiger partial charge on any atom is -0.480 e. The van der Waals surface area contributed by atoms with Gasteiger partial charge in [-0.15, -0.1) is 5.73 Å². The van der Waals surface area contributed by atoms with Gasteiger partial charge >= 0.3 is 5.97 Å². The largest absolute Gasteiger partial charge is 0.480 e. The first-order valence-electron chi connectivity index (χ1n) is 2.46. The van der Waals surface area contributed by atoms with Crippen molar-refractivity contribution in [3.8, 4) is 0 Å². The van der Waals surface area contributed by atoms with E-state index in [1.54, 1.807) is 13.8 Å². The molecule has 8 heavy (non-hydrogen) atoms. The molecular weight excluding hydrogens is 107 g/mol. The molecule has 1 atom stereocenters. The molecule has 46 valence electrons. The molecule has 0 aliphatic rings. The van der Waals surface area contributed by atoms with Crippen molar-refractivity contribution in [2.75, 3.05) is 0 Å². The van der Waals surface area contributed by atoms with Crippen LogP contribution in [0.15, 0.2) is 0 Å². The lowest BCUT2D eigenvalue weighted by molar-refractivity contribution is -0.139. The van der Waals surface area contributed by atoms with Gasteiger partial charge in [-0.1, -0.05) is 13.8 Å². The number of hydrogen-bond acceptors (Lipinski definition) is 1. The molecule has 0 saturated carbocycles. The maximum atomic E-state index is 9.89. The van der Waals surface area contributed by atoms with Crippen LogP contribution in [0.1, 0.15) is 13.8 Å². The Morgan fingerprint density at radius 2 is 2.00 bits per heavy atom. The van der Waals surface area contributed by atoms with Gasteiger partial charge in [0.15, 0.2) is 0 Å². The zero-order valence-corrected chi connectivity index (χ0v) is 4.96. The third-order valence-corrected chi connectivity index (χ3v) is 0.884. The predicted octanol–water partition coefficient (Wildman–Crippen LogP) is 0.164. The van der Waals surface area contributed by atoms with E-state index in [0.717, 1.165) is 0 Å². The van der Waals surface area contributed by atoms with Crippen molar-refractivity contribution in [2.45, 2.75) is 19.9 Å². The van der Waals surface area contributed by atoms with E-state index >= 15 is 0 Å². The van der Waals surface area contributed by atoms with Crippen molar-refractivity contribution in [1.29, 1.82) is 0 Å². The van der Waals surface area contributed by atoms with E-state index < -0.39 is 12.0 Å². The van der Waals surface area contributed by atoms with Crippen LogP contribution in [0.4, 0.5) is 0 Å². The van der Waals surface area contributed by atoms with Crippen LogP contribution in [-0.2, 0) is 4.79 Å². The number of carboxylic acids is 1. The molecular formula is C5H9NO2. The second kappa shape index (κ2) is 2.67. The Kier molecular flexibility index (Phi) is 2.48. The Balaban J connectivity index is 3.64. The Hall–Kier alpha value is -0.570. The molecule has 3 heteroatoms. The molecule has 0 aromatic rings. The van der Waals surface area contributed by atoms with E-state index in [0.29, 0.717) is 0 Å². The van der Waals surface area contributed by atoms with Gasteiger partial charge in [-0.05, 0) is 5.92 Å². The van der Waals surface area contributed by atoms with E-state index in [-0.39, 0.29) is 5.92 Å². The predicted molar refractivity (Wildman–Crippen MR) is 28.4 cm³/mol. The Morgan fingerprint density at radius 3 is 2.00 bits per heavy atom. The van der Waals surface area contributed by atoms with Gasteiger partial charge in [-0.3, -0.25) is 4.79 Å². The number of nitrogens with zero attached hydrogens (tertiary/aromatic N) is 1. The average molecular weight is 116 g/mol. The summed E-state index contributed by atoms with van der Waals surface area (Å²) >= 11 is 0. The summed E-state index contributed by atoms with van der Waals surface area (Å²) in [6.07, 6.45) is 0. The first-order valence-corrected chi connectivity index (χ1v) is 2.46. The Bertz CT molecular complexity index is 90.4. The molecule has 0 fully saturated rings. The monoisotopic (exact) mass is 116 g/mol. The van der Waals surface area contributed by atoms with Gasteiger partial charge in [0, 0.05) is 0 Å². The van der Waals surface area contributed by atoms with E-state index in [1.165, 1.54) is 0 Å². The lowest BCUT2D eigenvalue weighted by Crippen LogP contribution is -2.26. The van der Waals surface area contributed by atoms with Gasteiger partial charge in [-0.2, -0.15) is 0 Å². The van der Waals surface area contributed by atoms with Gasteiger partial charge in [0.25, 0.3) is 0 Å². The fourth-order valence-corrected chi connectivity index (χ4v) is 0.285. The summed E-state index contributed by atoms with van der Waals surface area (Å²) in [6, 6.07) is -1.21. The summed E-state index contributed by atoms with van der Waals surface area (Å²) in [4.78, 5) is 9.89. The molecule has 0 spiro atoms. The average Bonchev–Trinajstić information content (AvgIpc) is 1.64. The fourth-order valence-electron chi connectivity index (χ4n) is 0.285. The molecule has 0 rings (SSSR count). The first kappa shape index (κ1) is 7.43. The molecule has 0 unspecified atom stereocenters. The Labute approximate surface area is 48.5 Å². The normalized spacial score (nSPS) is 14.0. The quantitative estimate of drug-likeness (QED) is 0.522. The third kappa shape index (κ3) is 1.93. The third-order valence-electron chi connectivity index (χ3n) is 0.884. The van der Waals surface area contributed by atoms with Crippen LogP contribution in [0.25, 0.3) is 0 Å². The van der Waals surface area contributed by atoms with E-state index in [2.05, 4.69) is 0 Å². The highest BCUT2D eigenvalue weighted by molar-refractivity contribution is 5.73. The number of carboxylic acid groups (broad SMARTS) is 1. The van der Waals surface area contributed by atoms with Crippen molar-refractivity contribution in [2.24, 2.45) is 5.92 Å². The second-order valence-electron chi connectivity index (χ2n) is 2.03. The van der Waals surface area contributed by atoms with Gasteiger partial charge in [0.1, 0.15) is 6.04 Å². The number of hydrogen-bond donors (Lipinski definition) is 1. The lowest BCUT2D eigenvalue weighted by atomic mass is 10.1. The maximum Gasteiger partial charge on any atom is 0.324 e. The van der Waals surface area contributed by atoms with Crippen molar-refractivity contribution >= 4 is 5.97 Å². The summed E-state index contributed by atoms with van der Waals surface area (Å²) in [5.41, 5.74) is 8.60. The topological polar surface area (TPSA) is 59.6 Å². The summed E-state index contributed by atoms with van der Waals surface area (Å²) in [5.74, 6) is -1.35. The van der Waals surface area contributed by atoms with Crippen LogP contribution >= 0.6 is 0 Å². The highest BCUT2D eigenvalue weighted by atomic mass is 16.4. The van der Waals surface area contributed by atoms with Gasteiger partial charge in [-0.25, -0.2) is 0 Å². The molecule has 0 aliphatic heterocycles. The van der Waals surface area contributed by atoms with Crippen LogP contribution in [0.2, 0.25) is 0 Å². The summed E-state index contributed by atoms with van der Waals surface area (Å²) in [6.45, 7) is 3.30. The van der Waals surface area contributed by atoms with Crippen LogP contribution in [0, 0.1) is 5.92 Å². The minimum atomic E-state index is -1.21. The molecule has 0 aromatic carbocycles. The molecule has 0 aliphatic carbocycles. The summed E-state index contributed by atoms with van der Waals surface area (Å²) < 4.78 is 0. The fraction of sp³-hybridized carbons (Fsp3) is 0.800.